The van der Waals surface area contributed by atoms with E-state index in [-0.39, 0.29) is 23.8 Å². The fourth-order valence-corrected chi connectivity index (χ4v) is 4.78. The lowest BCUT2D eigenvalue weighted by molar-refractivity contribution is -0.118. The van der Waals surface area contributed by atoms with E-state index in [0.29, 0.717) is 22.4 Å². The van der Waals surface area contributed by atoms with Gasteiger partial charge < -0.3 is 4.90 Å². The molecular formula is C27H26ClN3O2. The van der Waals surface area contributed by atoms with E-state index in [2.05, 4.69) is 4.90 Å². The molecule has 2 atom stereocenters. The number of anilines is 2. The van der Waals surface area contributed by atoms with Crippen LogP contribution >= 0.6 is 11.6 Å². The molecule has 168 valence electrons. The Bertz CT molecular complexity index is 1240. The number of halogens is 1. The first-order valence-electron chi connectivity index (χ1n) is 11.3. The van der Waals surface area contributed by atoms with E-state index in [4.69, 9.17) is 16.6 Å². The maximum Gasteiger partial charge on any atom is 0.260 e. The molecule has 6 heteroatoms. The Balaban J connectivity index is 1.63. The molecule has 3 aromatic rings. The van der Waals surface area contributed by atoms with Crippen LogP contribution in [-0.2, 0) is 4.79 Å². The summed E-state index contributed by atoms with van der Waals surface area (Å²) in [6, 6.07) is 18.9. The first kappa shape index (κ1) is 21.7. The Morgan fingerprint density at radius 2 is 1.79 bits per heavy atom. The smallest absolute Gasteiger partial charge is 0.260 e. The number of fused-ring (bicyclic) bond motifs is 1. The molecule has 0 radical (unpaired) electrons. The van der Waals surface area contributed by atoms with Crippen molar-refractivity contribution >= 4 is 34.9 Å². The Kier molecular flexibility index (Phi) is 5.45. The van der Waals surface area contributed by atoms with E-state index in [0.717, 1.165) is 35.3 Å². The van der Waals surface area contributed by atoms with Crippen molar-refractivity contribution in [2.45, 2.75) is 51.7 Å². The normalized spacial score (nSPS) is 18.2. The van der Waals surface area contributed by atoms with E-state index in [9.17, 15) is 9.59 Å². The van der Waals surface area contributed by atoms with Crippen molar-refractivity contribution in [3.63, 3.8) is 0 Å². The molecule has 1 aliphatic heterocycles. The minimum atomic E-state index is -0.298. The highest BCUT2D eigenvalue weighted by atomic mass is 35.5. The highest BCUT2D eigenvalue weighted by molar-refractivity contribution is 6.30. The van der Waals surface area contributed by atoms with Gasteiger partial charge in [-0.1, -0.05) is 48.0 Å². The number of rotatable bonds is 6. The largest absolute Gasteiger partial charge is 0.344 e. The third kappa shape index (κ3) is 3.80. The van der Waals surface area contributed by atoms with Crippen LogP contribution < -0.4 is 9.80 Å². The maximum absolute atomic E-state index is 13.6. The number of carbonyl (C=O) groups excluding carboxylic acids is 2. The highest BCUT2D eigenvalue weighted by Gasteiger charge is 2.40. The molecule has 2 heterocycles. The van der Waals surface area contributed by atoms with Crippen LogP contribution in [0.2, 0.25) is 5.02 Å². The van der Waals surface area contributed by atoms with Gasteiger partial charge in [0.2, 0.25) is 0 Å². The molecule has 2 aliphatic rings. The molecule has 1 saturated carbocycles. The third-order valence-corrected chi connectivity index (χ3v) is 6.89. The lowest BCUT2D eigenvalue weighted by atomic mass is 9.98. The highest BCUT2D eigenvalue weighted by Crippen LogP contribution is 2.42. The van der Waals surface area contributed by atoms with Crippen LogP contribution in [0.15, 0.2) is 60.7 Å². The summed E-state index contributed by atoms with van der Waals surface area (Å²) in [5.74, 6) is 1.39. The van der Waals surface area contributed by atoms with Gasteiger partial charge in [0.25, 0.3) is 5.91 Å². The first-order valence-corrected chi connectivity index (χ1v) is 11.7. The van der Waals surface area contributed by atoms with Crippen LogP contribution in [0.1, 0.15) is 59.8 Å². The second kappa shape index (κ2) is 8.31. The molecule has 5 rings (SSSR count). The van der Waals surface area contributed by atoms with Crippen molar-refractivity contribution < 1.29 is 9.59 Å². The quantitative estimate of drug-likeness (QED) is 0.471. The van der Waals surface area contributed by atoms with E-state index in [1.54, 1.807) is 11.8 Å². The van der Waals surface area contributed by atoms with E-state index >= 15 is 0 Å². The number of carbonyl (C=O) groups is 2. The predicted octanol–water partition coefficient (Wildman–Crippen LogP) is 5.74. The average Bonchev–Trinajstić information content (AvgIpc) is 3.60. The minimum absolute atomic E-state index is 0.0783. The van der Waals surface area contributed by atoms with E-state index in [1.165, 1.54) is 0 Å². The molecule has 1 fully saturated rings. The Morgan fingerprint density at radius 3 is 2.45 bits per heavy atom. The lowest BCUT2D eigenvalue weighted by Gasteiger charge is -2.32. The third-order valence-electron chi connectivity index (χ3n) is 6.64. The van der Waals surface area contributed by atoms with Gasteiger partial charge in [-0.3, -0.25) is 14.5 Å². The van der Waals surface area contributed by atoms with Gasteiger partial charge in [-0.25, -0.2) is 4.98 Å². The van der Waals surface area contributed by atoms with Crippen LogP contribution in [0.25, 0.3) is 0 Å². The molecule has 2 aromatic carbocycles. The molecule has 1 amide bonds. The van der Waals surface area contributed by atoms with Gasteiger partial charge in [-0.15, -0.1) is 0 Å². The number of Topliss-reactive ketones (excluding diaryl/α,β-unsaturated/α-hetero) is 1. The summed E-state index contributed by atoms with van der Waals surface area (Å²) >= 11 is 6.14. The summed E-state index contributed by atoms with van der Waals surface area (Å²) in [6.07, 6.45) is 2.09. The van der Waals surface area contributed by atoms with Gasteiger partial charge in [0.15, 0.2) is 5.78 Å². The van der Waals surface area contributed by atoms with Crippen molar-refractivity contribution in [3.05, 3.63) is 87.9 Å². The van der Waals surface area contributed by atoms with Gasteiger partial charge >= 0.3 is 0 Å². The van der Waals surface area contributed by atoms with Crippen LogP contribution in [0.3, 0.4) is 0 Å². The summed E-state index contributed by atoms with van der Waals surface area (Å²) in [5.41, 5.74) is 3.59. The minimum Gasteiger partial charge on any atom is -0.344 e. The Hall–Kier alpha value is -3.18. The standard InChI is InChI=1S/C27H26ClN3O2/c1-16-8-15-24(29-26(16)30(21-13-14-21)17(2)18(3)32)31-25(19-9-11-20(28)12-10-19)22-6-4-5-7-23(22)27(31)33/h4-12,15,17,21,25H,13-14H2,1-3H3. The SMILES string of the molecule is CC(=O)C(C)N(c1nc(N2C(=O)c3ccccc3C2c2ccc(Cl)cc2)ccc1C)C1CC1. The van der Waals surface area contributed by atoms with E-state index < -0.39 is 0 Å². The average molecular weight is 460 g/mol. The van der Waals surface area contributed by atoms with Gasteiger partial charge in [-0.2, -0.15) is 0 Å². The van der Waals surface area contributed by atoms with Crippen LogP contribution in [-0.4, -0.2) is 28.8 Å². The van der Waals surface area contributed by atoms with Gasteiger partial charge in [-0.05, 0) is 74.6 Å². The number of aryl methyl sites for hydroxylation is 1. The van der Waals surface area contributed by atoms with Crippen molar-refractivity contribution in [3.8, 4) is 0 Å². The molecule has 0 saturated heterocycles. The molecule has 5 nitrogen and oxygen atoms in total. The molecule has 0 spiro atoms. The predicted molar refractivity (Wildman–Crippen MR) is 131 cm³/mol. The van der Waals surface area contributed by atoms with Crippen molar-refractivity contribution in [2.24, 2.45) is 0 Å². The summed E-state index contributed by atoms with van der Waals surface area (Å²) < 4.78 is 0. The molecular weight excluding hydrogens is 434 g/mol. The molecule has 0 bridgehead atoms. The molecule has 2 unspecified atom stereocenters. The van der Waals surface area contributed by atoms with Crippen LogP contribution in [0, 0.1) is 6.92 Å². The van der Waals surface area contributed by atoms with Crippen molar-refractivity contribution in [1.82, 2.24) is 4.98 Å². The summed E-state index contributed by atoms with van der Waals surface area (Å²) in [6.45, 7) is 5.56. The molecule has 1 aliphatic carbocycles. The lowest BCUT2D eigenvalue weighted by Crippen LogP contribution is -2.41. The van der Waals surface area contributed by atoms with Gasteiger partial charge in [0, 0.05) is 16.6 Å². The monoisotopic (exact) mass is 459 g/mol. The Morgan fingerprint density at radius 1 is 1.09 bits per heavy atom. The van der Waals surface area contributed by atoms with Crippen LogP contribution in [0.5, 0.6) is 0 Å². The zero-order chi connectivity index (χ0) is 23.3. The fraction of sp³-hybridized carbons (Fsp3) is 0.296. The molecule has 1 aromatic heterocycles. The second-order valence-electron chi connectivity index (χ2n) is 8.95. The number of ketones is 1. The molecule has 0 N–H and O–H groups in total. The van der Waals surface area contributed by atoms with E-state index in [1.807, 2.05) is 74.5 Å². The zero-order valence-corrected chi connectivity index (χ0v) is 19.7. The number of aromatic nitrogens is 1. The van der Waals surface area contributed by atoms with Crippen LogP contribution in [0.4, 0.5) is 11.6 Å². The number of pyridine rings is 1. The number of nitrogens with zero attached hydrogens (tertiary/aromatic N) is 3. The van der Waals surface area contributed by atoms with Gasteiger partial charge in [0.1, 0.15) is 11.6 Å². The fourth-order valence-electron chi connectivity index (χ4n) is 4.65. The first-order chi connectivity index (χ1) is 15.9. The number of hydrogen-bond acceptors (Lipinski definition) is 4. The summed E-state index contributed by atoms with van der Waals surface area (Å²) in [5, 5.41) is 0.650. The number of amides is 1. The second-order valence-corrected chi connectivity index (χ2v) is 9.39. The molecule has 33 heavy (non-hydrogen) atoms. The van der Waals surface area contributed by atoms with Gasteiger partial charge in [0.05, 0.1) is 12.1 Å². The summed E-state index contributed by atoms with van der Waals surface area (Å²) in [7, 11) is 0. The number of benzene rings is 2. The maximum atomic E-state index is 13.6. The summed E-state index contributed by atoms with van der Waals surface area (Å²) in [4.78, 5) is 34.8. The number of hydrogen-bond donors (Lipinski definition) is 0. The zero-order valence-electron chi connectivity index (χ0n) is 19.0. The topological polar surface area (TPSA) is 53.5 Å². The van der Waals surface area contributed by atoms with Crippen molar-refractivity contribution in [1.29, 1.82) is 0 Å². The van der Waals surface area contributed by atoms with Crippen molar-refractivity contribution in [2.75, 3.05) is 9.80 Å². The Labute approximate surface area is 199 Å².